The largest absolute Gasteiger partial charge is 0.363 e. The number of aromatic amines is 1. The number of thiophene rings is 1. The van der Waals surface area contributed by atoms with Gasteiger partial charge in [-0.1, -0.05) is 18.2 Å². The molecule has 0 radical (unpaired) electrons. The van der Waals surface area contributed by atoms with E-state index in [9.17, 15) is 0 Å². The van der Waals surface area contributed by atoms with Gasteiger partial charge < -0.3 is 20.5 Å². The van der Waals surface area contributed by atoms with Gasteiger partial charge in [0, 0.05) is 49.3 Å². The van der Waals surface area contributed by atoms with Crippen LogP contribution in [0.4, 0.5) is 5.00 Å². The van der Waals surface area contributed by atoms with Gasteiger partial charge in [-0.3, -0.25) is 4.99 Å². The van der Waals surface area contributed by atoms with Gasteiger partial charge >= 0.3 is 0 Å². The second-order valence-corrected chi connectivity index (χ2v) is 8.61. The highest BCUT2D eigenvalue weighted by molar-refractivity contribution is 7.14. The molecule has 5 nitrogen and oxygen atoms in total. The second-order valence-electron chi connectivity index (χ2n) is 7.68. The summed E-state index contributed by atoms with van der Waals surface area (Å²) in [5.41, 5.74) is 3.88. The first-order valence-electron chi connectivity index (χ1n) is 10.6. The van der Waals surface area contributed by atoms with Crippen LogP contribution in [0.1, 0.15) is 30.9 Å². The van der Waals surface area contributed by atoms with Crippen LogP contribution in [0.25, 0.3) is 10.9 Å². The van der Waals surface area contributed by atoms with E-state index in [1.54, 1.807) is 0 Å². The van der Waals surface area contributed by atoms with Crippen LogP contribution >= 0.6 is 11.3 Å². The standard InChI is InChI=1S/C23H31N5S/c1-3-24-23(27-19-10-13-28(14-11-19)21-8-5-15-29-21)25-12-9-18-16-26-22-17(2)6-4-7-20(18)22/h4-8,15-16,19,26H,3,9-14H2,1-2H3,(H2,24,25,27). The van der Waals surface area contributed by atoms with Crippen LogP contribution in [0.15, 0.2) is 46.9 Å². The van der Waals surface area contributed by atoms with Gasteiger partial charge in [0.2, 0.25) is 0 Å². The Morgan fingerprint density at radius 2 is 2.10 bits per heavy atom. The third kappa shape index (κ3) is 4.75. The molecule has 3 N–H and O–H groups in total. The minimum absolute atomic E-state index is 0.486. The molecule has 1 aliphatic rings. The predicted octanol–water partition coefficient (Wildman–Crippen LogP) is 4.30. The van der Waals surface area contributed by atoms with Crippen LogP contribution in [0.5, 0.6) is 0 Å². The number of benzene rings is 1. The number of aromatic nitrogens is 1. The van der Waals surface area contributed by atoms with Gasteiger partial charge in [0.25, 0.3) is 0 Å². The molecule has 0 spiro atoms. The third-order valence-corrected chi connectivity index (χ3v) is 6.59. The van der Waals surface area contributed by atoms with Crippen molar-refractivity contribution >= 4 is 33.2 Å². The third-order valence-electron chi connectivity index (χ3n) is 5.66. The zero-order valence-corrected chi connectivity index (χ0v) is 18.2. The smallest absolute Gasteiger partial charge is 0.191 e. The molecule has 1 saturated heterocycles. The number of H-pyrrole nitrogens is 1. The maximum atomic E-state index is 4.85. The second kappa shape index (κ2) is 9.35. The molecule has 1 aliphatic heterocycles. The van der Waals surface area contributed by atoms with Crippen LogP contribution in [-0.4, -0.2) is 43.2 Å². The number of nitrogens with zero attached hydrogens (tertiary/aromatic N) is 2. The first-order chi connectivity index (χ1) is 14.2. The molecule has 0 aliphatic carbocycles. The fraction of sp³-hybridized carbons (Fsp3) is 0.435. The van der Waals surface area contributed by atoms with E-state index in [-0.39, 0.29) is 0 Å². The monoisotopic (exact) mass is 409 g/mol. The number of rotatable bonds is 6. The molecule has 2 aromatic heterocycles. The lowest BCUT2D eigenvalue weighted by Crippen LogP contribution is -2.48. The predicted molar refractivity (Wildman–Crippen MR) is 125 cm³/mol. The maximum absolute atomic E-state index is 4.85. The van der Waals surface area contributed by atoms with E-state index in [1.807, 2.05) is 11.3 Å². The van der Waals surface area contributed by atoms with Gasteiger partial charge in [-0.25, -0.2) is 0 Å². The SMILES string of the molecule is CCNC(=NCCc1c[nH]c2c(C)cccc12)NC1CCN(c2cccs2)CC1. The van der Waals surface area contributed by atoms with Gasteiger partial charge in [-0.05, 0) is 61.7 Å². The Kier molecular flexibility index (Phi) is 6.39. The molecule has 1 fully saturated rings. The van der Waals surface area contributed by atoms with E-state index in [4.69, 9.17) is 4.99 Å². The van der Waals surface area contributed by atoms with Gasteiger partial charge in [0.1, 0.15) is 0 Å². The van der Waals surface area contributed by atoms with Crippen molar-refractivity contribution in [2.75, 3.05) is 31.1 Å². The number of nitrogens with one attached hydrogen (secondary N) is 3. The Bertz CT molecular complexity index is 935. The van der Waals surface area contributed by atoms with Crippen molar-refractivity contribution in [2.24, 2.45) is 4.99 Å². The van der Waals surface area contributed by atoms with E-state index >= 15 is 0 Å². The molecule has 0 atom stereocenters. The van der Waals surface area contributed by atoms with Crippen molar-refractivity contribution in [3.05, 3.63) is 53.0 Å². The molecule has 0 unspecified atom stereocenters. The van der Waals surface area contributed by atoms with Crippen molar-refractivity contribution in [1.29, 1.82) is 0 Å². The van der Waals surface area contributed by atoms with Crippen molar-refractivity contribution in [1.82, 2.24) is 15.6 Å². The first-order valence-corrected chi connectivity index (χ1v) is 11.5. The molecule has 29 heavy (non-hydrogen) atoms. The average Bonchev–Trinajstić information content (AvgIpc) is 3.40. The molecule has 154 valence electrons. The highest BCUT2D eigenvalue weighted by atomic mass is 32.1. The minimum Gasteiger partial charge on any atom is -0.363 e. The lowest BCUT2D eigenvalue weighted by Gasteiger charge is -2.33. The zero-order valence-electron chi connectivity index (χ0n) is 17.4. The van der Waals surface area contributed by atoms with Crippen molar-refractivity contribution < 1.29 is 0 Å². The Balaban J connectivity index is 1.32. The van der Waals surface area contributed by atoms with Gasteiger partial charge in [-0.15, -0.1) is 11.3 Å². The number of anilines is 1. The van der Waals surface area contributed by atoms with E-state index in [0.717, 1.165) is 51.4 Å². The summed E-state index contributed by atoms with van der Waals surface area (Å²) in [7, 11) is 0. The number of aliphatic imine (C=N–C) groups is 1. The normalized spacial score (nSPS) is 15.8. The molecule has 3 heterocycles. The Labute approximate surface area is 177 Å². The highest BCUT2D eigenvalue weighted by Gasteiger charge is 2.20. The van der Waals surface area contributed by atoms with E-state index in [2.05, 4.69) is 76.3 Å². The minimum atomic E-state index is 0.486. The topological polar surface area (TPSA) is 55.5 Å². The van der Waals surface area contributed by atoms with E-state index in [1.165, 1.54) is 27.0 Å². The van der Waals surface area contributed by atoms with Crippen LogP contribution in [-0.2, 0) is 6.42 Å². The van der Waals surface area contributed by atoms with E-state index in [0.29, 0.717) is 6.04 Å². The summed E-state index contributed by atoms with van der Waals surface area (Å²) < 4.78 is 0. The number of hydrogen-bond acceptors (Lipinski definition) is 3. The average molecular weight is 410 g/mol. The van der Waals surface area contributed by atoms with Crippen LogP contribution in [0, 0.1) is 6.92 Å². The fourth-order valence-electron chi connectivity index (χ4n) is 4.07. The van der Waals surface area contributed by atoms with Crippen molar-refractivity contribution in [3.8, 4) is 0 Å². The van der Waals surface area contributed by atoms with Crippen molar-refractivity contribution in [2.45, 2.75) is 39.2 Å². The number of guanidine groups is 1. The van der Waals surface area contributed by atoms with Gasteiger partial charge in [0.05, 0.1) is 5.00 Å². The number of fused-ring (bicyclic) bond motifs is 1. The van der Waals surface area contributed by atoms with E-state index < -0.39 is 0 Å². The molecular weight excluding hydrogens is 378 g/mol. The maximum Gasteiger partial charge on any atom is 0.191 e. The summed E-state index contributed by atoms with van der Waals surface area (Å²) >= 11 is 1.83. The van der Waals surface area contributed by atoms with Crippen LogP contribution in [0.2, 0.25) is 0 Å². The Morgan fingerprint density at radius 1 is 1.24 bits per heavy atom. The summed E-state index contributed by atoms with van der Waals surface area (Å²) in [6.07, 6.45) is 5.36. The fourth-order valence-corrected chi connectivity index (χ4v) is 4.85. The Hall–Kier alpha value is -2.47. The molecule has 0 bridgehead atoms. The molecule has 6 heteroatoms. The van der Waals surface area contributed by atoms with Crippen LogP contribution in [0.3, 0.4) is 0 Å². The first kappa shape index (κ1) is 19.8. The van der Waals surface area contributed by atoms with Gasteiger partial charge in [-0.2, -0.15) is 0 Å². The number of aryl methyl sites for hydroxylation is 1. The quantitative estimate of drug-likeness (QED) is 0.420. The summed E-state index contributed by atoms with van der Waals surface area (Å²) in [5, 5.41) is 11.9. The zero-order chi connectivity index (χ0) is 20.1. The number of piperidine rings is 1. The lowest BCUT2D eigenvalue weighted by molar-refractivity contribution is 0.463. The molecule has 1 aromatic carbocycles. The summed E-state index contributed by atoms with van der Waals surface area (Å²) in [4.78, 5) is 10.8. The van der Waals surface area contributed by atoms with Crippen LogP contribution < -0.4 is 15.5 Å². The lowest BCUT2D eigenvalue weighted by atomic mass is 10.1. The molecule has 0 saturated carbocycles. The molecule has 3 aromatic rings. The summed E-state index contributed by atoms with van der Waals surface area (Å²) in [5.74, 6) is 0.943. The van der Waals surface area contributed by atoms with Gasteiger partial charge in [0.15, 0.2) is 5.96 Å². The number of hydrogen-bond donors (Lipinski definition) is 3. The summed E-state index contributed by atoms with van der Waals surface area (Å²) in [6.45, 7) is 8.14. The molecular formula is C23H31N5S. The molecule has 4 rings (SSSR count). The van der Waals surface area contributed by atoms with Crippen molar-refractivity contribution in [3.63, 3.8) is 0 Å². The number of para-hydroxylation sites is 1. The summed E-state index contributed by atoms with van der Waals surface area (Å²) in [6, 6.07) is 11.3. The Morgan fingerprint density at radius 3 is 2.86 bits per heavy atom. The highest BCUT2D eigenvalue weighted by Crippen LogP contribution is 2.25. The molecule has 0 amide bonds.